The van der Waals surface area contributed by atoms with Crippen LogP contribution in [-0.2, 0) is 0 Å². The van der Waals surface area contributed by atoms with Gasteiger partial charge in [-0.3, -0.25) is 4.79 Å². The number of amides is 1. The van der Waals surface area contributed by atoms with E-state index in [9.17, 15) is 9.18 Å². The molecule has 2 aromatic carbocycles. The van der Waals surface area contributed by atoms with Crippen LogP contribution in [0.25, 0.3) is 21.0 Å². The van der Waals surface area contributed by atoms with Gasteiger partial charge in [0.25, 0.3) is 5.91 Å². The number of carbonyl (C=O) groups excluding carboxylic acids is 1. The van der Waals surface area contributed by atoms with Gasteiger partial charge in [0, 0.05) is 5.56 Å². The van der Waals surface area contributed by atoms with Crippen molar-refractivity contribution >= 4 is 33.7 Å². The van der Waals surface area contributed by atoms with Gasteiger partial charge in [-0.15, -0.1) is 11.3 Å². The zero-order chi connectivity index (χ0) is 17.9. The number of thiazole rings is 1. The highest BCUT2D eigenvalue weighted by atomic mass is 32.1. The summed E-state index contributed by atoms with van der Waals surface area (Å²) >= 11 is 1.54. The van der Waals surface area contributed by atoms with Gasteiger partial charge in [-0.2, -0.15) is 5.10 Å². The van der Waals surface area contributed by atoms with E-state index in [1.165, 1.54) is 30.5 Å². The fourth-order valence-corrected chi connectivity index (χ4v) is 3.26. The molecule has 0 fully saturated rings. The van der Waals surface area contributed by atoms with Crippen LogP contribution in [-0.4, -0.2) is 17.1 Å². The summed E-state index contributed by atoms with van der Waals surface area (Å²) in [5.74, 6) is 0.290. The van der Waals surface area contributed by atoms with Crippen LogP contribution < -0.4 is 5.43 Å². The fourth-order valence-electron chi connectivity index (χ4n) is 2.34. The first-order valence-electron chi connectivity index (χ1n) is 7.74. The van der Waals surface area contributed by atoms with Crippen molar-refractivity contribution in [1.82, 2.24) is 10.4 Å². The Hall–Kier alpha value is -3.32. The van der Waals surface area contributed by atoms with Crippen molar-refractivity contribution in [3.63, 3.8) is 0 Å². The minimum Gasteiger partial charge on any atom is -0.453 e. The molecule has 0 saturated carbocycles. The van der Waals surface area contributed by atoms with Crippen molar-refractivity contribution in [2.24, 2.45) is 5.10 Å². The molecule has 0 aliphatic rings. The van der Waals surface area contributed by atoms with Crippen LogP contribution in [0, 0.1) is 5.82 Å². The highest BCUT2D eigenvalue weighted by molar-refractivity contribution is 7.21. The van der Waals surface area contributed by atoms with E-state index in [-0.39, 0.29) is 0 Å². The second-order valence-electron chi connectivity index (χ2n) is 5.39. The van der Waals surface area contributed by atoms with E-state index in [0.717, 1.165) is 15.2 Å². The summed E-state index contributed by atoms with van der Waals surface area (Å²) < 4.78 is 19.6. The topological polar surface area (TPSA) is 67.5 Å². The number of nitrogens with zero attached hydrogens (tertiary/aromatic N) is 2. The Bertz CT molecular complexity index is 1070. The van der Waals surface area contributed by atoms with Gasteiger partial charge in [0.1, 0.15) is 11.6 Å². The Morgan fingerprint density at radius 2 is 1.92 bits per heavy atom. The maximum absolute atomic E-state index is 12.9. The van der Waals surface area contributed by atoms with E-state index >= 15 is 0 Å². The molecule has 5 nitrogen and oxygen atoms in total. The van der Waals surface area contributed by atoms with E-state index < -0.39 is 11.7 Å². The van der Waals surface area contributed by atoms with Gasteiger partial charge in [0.05, 0.1) is 16.4 Å². The highest BCUT2D eigenvalue weighted by Crippen LogP contribution is 2.30. The summed E-state index contributed by atoms with van der Waals surface area (Å²) in [7, 11) is 0. The minimum absolute atomic E-state index is 0.318. The molecule has 4 rings (SSSR count). The second kappa shape index (κ2) is 6.89. The Morgan fingerprint density at radius 1 is 1.12 bits per heavy atom. The monoisotopic (exact) mass is 365 g/mol. The highest BCUT2D eigenvalue weighted by Gasteiger charge is 2.10. The van der Waals surface area contributed by atoms with Crippen LogP contribution in [0.1, 0.15) is 16.1 Å². The minimum atomic E-state index is -0.431. The zero-order valence-corrected chi connectivity index (χ0v) is 14.2. The smallest absolute Gasteiger partial charge is 0.271 e. The Morgan fingerprint density at radius 3 is 2.73 bits per heavy atom. The number of para-hydroxylation sites is 1. The molecule has 0 saturated heterocycles. The number of carbonyl (C=O) groups is 1. The average molecular weight is 365 g/mol. The number of hydrazone groups is 1. The average Bonchev–Trinajstić information content (AvgIpc) is 3.28. The second-order valence-corrected chi connectivity index (χ2v) is 6.43. The molecule has 0 aliphatic heterocycles. The molecule has 0 unspecified atom stereocenters. The lowest BCUT2D eigenvalue weighted by Crippen LogP contribution is -2.17. The van der Waals surface area contributed by atoms with Crippen LogP contribution in [0.15, 0.2) is 70.2 Å². The number of nitrogens with one attached hydrogen (secondary N) is 1. The first-order valence-corrected chi connectivity index (χ1v) is 8.55. The van der Waals surface area contributed by atoms with Crippen LogP contribution in [0.4, 0.5) is 4.39 Å². The lowest BCUT2D eigenvalue weighted by Gasteiger charge is -1.98. The number of halogens is 1. The molecule has 0 radical (unpaired) electrons. The molecular formula is C19H12FN3O2S. The van der Waals surface area contributed by atoms with E-state index in [0.29, 0.717) is 17.1 Å². The molecule has 128 valence electrons. The summed E-state index contributed by atoms with van der Waals surface area (Å²) in [6.45, 7) is 0. The van der Waals surface area contributed by atoms with Gasteiger partial charge in [-0.05, 0) is 48.5 Å². The first kappa shape index (κ1) is 16.2. The molecular weight excluding hydrogens is 353 g/mol. The molecule has 0 aliphatic carbocycles. The SMILES string of the molecule is O=C(N/N=C\c1ccc(-c2nc3ccccc3s2)o1)c1ccc(F)cc1. The van der Waals surface area contributed by atoms with Gasteiger partial charge >= 0.3 is 0 Å². The van der Waals surface area contributed by atoms with Crippen molar-refractivity contribution in [3.05, 3.63) is 77.8 Å². The molecule has 4 aromatic rings. The Balaban J connectivity index is 1.45. The molecule has 0 spiro atoms. The van der Waals surface area contributed by atoms with Crippen molar-refractivity contribution in [1.29, 1.82) is 0 Å². The summed E-state index contributed by atoms with van der Waals surface area (Å²) in [4.78, 5) is 16.4. The molecule has 2 heterocycles. The predicted molar refractivity (Wildman–Crippen MR) is 98.8 cm³/mol. The maximum atomic E-state index is 12.9. The summed E-state index contributed by atoms with van der Waals surface area (Å²) in [5, 5.41) is 4.64. The van der Waals surface area contributed by atoms with Gasteiger partial charge in [-0.1, -0.05) is 12.1 Å². The zero-order valence-electron chi connectivity index (χ0n) is 13.3. The van der Waals surface area contributed by atoms with Crippen molar-refractivity contribution in [2.45, 2.75) is 0 Å². The first-order chi connectivity index (χ1) is 12.7. The molecule has 7 heteroatoms. The van der Waals surface area contributed by atoms with Crippen molar-refractivity contribution in [3.8, 4) is 10.8 Å². The Kier molecular flexibility index (Phi) is 4.28. The molecule has 1 N–H and O–H groups in total. The van der Waals surface area contributed by atoms with Crippen LogP contribution >= 0.6 is 11.3 Å². The number of hydrogen-bond donors (Lipinski definition) is 1. The van der Waals surface area contributed by atoms with E-state index in [4.69, 9.17) is 4.42 Å². The quantitative estimate of drug-likeness (QED) is 0.429. The lowest BCUT2D eigenvalue weighted by molar-refractivity contribution is 0.0955. The normalized spacial score (nSPS) is 11.3. The lowest BCUT2D eigenvalue weighted by atomic mass is 10.2. The largest absolute Gasteiger partial charge is 0.453 e. The summed E-state index contributed by atoms with van der Waals surface area (Å²) in [5.41, 5.74) is 3.61. The number of hydrogen-bond acceptors (Lipinski definition) is 5. The third-order valence-electron chi connectivity index (χ3n) is 3.60. The Labute approximate surface area is 151 Å². The van der Waals surface area contributed by atoms with E-state index in [2.05, 4.69) is 15.5 Å². The predicted octanol–water partition coefficient (Wildman–Crippen LogP) is 4.46. The molecule has 1 amide bonds. The summed E-state index contributed by atoms with van der Waals surface area (Å²) in [6, 6.07) is 16.6. The van der Waals surface area contributed by atoms with E-state index in [1.54, 1.807) is 23.5 Å². The summed E-state index contributed by atoms with van der Waals surface area (Å²) in [6.07, 6.45) is 1.40. The maximum Gasteiger partial charge on any atom is 0.271 e. The molecule has 2 aromatic heterocycles. The molecule has 0 bridgehead atoms. The van der Waals surface area contributed by atoms with Crippen molar-refractivity contribution < 1.29 is 13.6 Å². The molecule has 26 heavy (non-hydrogen) atoms. The number of rotatable bonds is 4. The standard InChI is InChI=1S/C19H12FN3O2S/c20-13-7-5-12(6-8-13)18(24)23-21-11-14-9-10-16(25-14)19-22-15-3-1-2-4-17(15)26-19/h1-11H,(H,23,24)/b21-11-. The van der Waals surface area contributed by atoms with Gasteiger partial charge in [0.15, 0.2) is 10.8 Å². The number of benzene rings is 2. The molecule has 0 atom stereocenters. The number of aromatic nitrogens is 1. The number of furan rings is 1. The van der Waals surface area contributed by atoms with Gasteiger partial charge in [-0.25, -0.2) is 14.8 Å². The van der Waals surface area contributed by atoms with Gasteiger partial charge < -0.3 is 4.42 Å². The number of fused-ring (bicyclic) bond motifs is 1. The van der Waals surface area contributed by atoms with Crippen molar-refractivity contribution in [2.75, 3.05) is 0 Å². The van der Waals surface area contributed by atoms with E-state index in [1.807, 2.05) is 24.3 Å². The van der Waals surface area contributed by atoms with Crippen LogP contribution in [0.3, 0.4) is 0 Å². The third kappa shape index (κ3) is 3.38. The van der Waals surface area contributed by atoms with Gasteiger partial charge in [0.2, 0.25) is 0 Å². The fraction of sp³-hybridized carbons (Fsp3) is 0. The third-order valence-corrected chi connectivity index (χ3v) is 4.65. The van der Waals surface area contributed by atoms with Crippen LogP contribution in [0.2, 0.25) is 0 Å². The van der Waals surface area contributed by atoms with Crippen LogP contribution in [0.5, 0.6) is 0 Å².